The van der Waals surface area contributed by atoms with Gasteiger partial charge in [-0.2, -0.15) is 0 Å². The second-order valence-electron chi connectivity index (χ2n) is 7.57. The maximum atomic E-state index is 12.7. The van der Waals surface area contributed by atoms with Gasteiger partial charge in [-0.15, -0.1) is 0 Å². The van der Waals surface area contributed by atoms with E-state index in [-0.39, 0.29) is 11.5 Å². The van der Waals surface area contributed by atoms with Crippen LogP contribution in [0.1, 0.15) is 59.8 Å². The monoisotopic (exact) mass is 338 g/mol. The zero-order valence-corrected chi connectivity index (χ0v) is 14.2. The van der Waals surface area contributed by atoms with Gasteiger partial charge in [0.1, 0.15) is 17.1 Å². The topological polar surface area (TPSA) is 55.6 Å². The van der Waals surface area contributed by atoms with Crippen LogP contribution in [0.2, 0.25) is 0 Å². The summed E-state index contributed by atoms with van der Waals surface area (Å²) in [7, 11) is 0. The number of aryl methyl sites for hydroxylation is 1. The fourth-order valence-electron chi connectivity index (χ4n) is 4.04. The molecule has 0 radical (unpaired) electrons. The lowest BCUT2D eigenvalue weighted by atomic mass is 9.83. The molecule has 25 heavy (non-hydrogen) atoms. The van der Waals surface area contributed by atoms with Gasteiger partial charge in [0.25, 0.3) is 5.91 Å². The van der Waals surface area contributed by atoms with Crippen molar-refractivity contribution in [1.29, 1.82) is 0 Å². The van der Waals surface area contributed by atoms with Crippen LogP contribution in [0.5, 0.6) is 5.75 Å². The second-order valence-corrected chi connectivity index (χ2v) is 7.57. The Bertz CT molecular complexity index is 801. The Kier molecular flexibility index (Phi) is 3.37. The van der Waals surface area contributed by atoms with Crippen molar-refractivity contribution in [2.75, 3.05) is 13.1 Å². The van der Waals surface area contributed by atoms with E-state index in [1.54, 1.807) is 0 Å². The summed E-state index contributed by atoms with van der Waals surface area (Å²) in [6, 6.07) is 10.1. The number of piperidine rings is 1. The van der Waals surface area contributed by atoms with E-state index in [0.29, 0.717) is 24.7 Å². The largest absolute Gasteiger partial charge is 0.487 e. The average molecular weight is 338 g/mol. The third-order valence-electron chi connectivity index (χ3n) is 5.84. The molecule has 5 heteroatoms. The molecule has 0 bridgehead atoms. The number of amides is 1. The Balaban J connectivity index is 1.26. The Morgan fingerprint density at radius 2 is 1.96 bits per heavy atom. The predicted octanol–water partition coefficient (Wildman–Crippen LogP) is 3.55. The van der Waals surface area contributed by atoms with E-state index in [9.17, 15) is 4.79 Å². The van der Waals surface area contributed by atoms with Gasteiger partial charge in [0.05, 0.1) is 0 Å². The lowest BCUT2D eigenvalue weighted by Gasteiger charge is -2.44. The Morgan fingerprint density at radius 1 is 1.16 bits per heavy atom. The SMILES string of the molecule is O=C(c1cc(C2CC2)on1)N1CCC2(CCc3ccccc3O2)CC1. The highest BCUT2D eigenvalue weighted by Gasteiger charge is 2.41. The third-order valence-corrected chi connectivity index (χ3v) is 5.84. The molecule has 1 aromatic heterocycles. The van der Waals surface area contributed by atoms with Crippen molar-refractivity contribution in [3.05, 3.63) is 47.3 Å². The summed E-state index contributed by atoms with van der Waals surface area (Å²) < 4.78 is 11.7. The molecule has 5 rings (SSSR count). The van der Waals surface area contributed by atoms with E-state index in [0.717, 1.165) is 50.0 Å². The van der Waals surface area contributed by atoms with E-state index >= 15 is 0 Å². The van der Waals surface area contributed by atoms with Gasteiger partial charge in [-0.3, -0.25) is 4.79 Å². The highest BCUT2D eigenvalue weighted by atomic mass is 16.5. The van der Waals surface area contributed by atoms with E-state index in [2.05, 4.69) is 23.4 Å². The molecule has 1 amide bonds. The maximum absolute atomic E-state index is 12.7. The summed E-state index contributed by atoms with van der Waals surface area (Å²) in [4.78, 5) is 14.6. The number of para-hydroxylation sites is 1. The number of rotatable bonds is 2. The molecule has 3 heterocycles. The Morgan fingerprint density at radius 3 is 2.76 bits per heavy atom. The van der Waals surface area contributed by atoms with E-state index in [1.165, 1.54) is 5.56 Å². The van der Waals surface area contributed by atoms with Gasteiger partial charge in [-0.05, 0) is 37.3 Å². The van der Waals surface area contributed by atoms with E-state index < -0.39 is 0 Å². The van der Waals surface area contributed by atoms with Crippen molar-refractivity contribution in [3.8, 4) is 5.75 Å². The lowest BCUT2D eigenvalue weighted by molar-refractivity contribution is -0.0109. The van der Waals surface area contributed by atoms with Gasteiger partial charge in [0, 0.05) is 37.9 Å². The lowest BCUT2D eigenvalue weighted by Crippen LogP contribution is -2.51. The second kappa shape index (κ2) is 5.61. The molecular formula is C20H22N2O3. The fourth-order valence-corrected chi connectivity index (χ4v) is 4.04. The van der Waals surface area contributed by atoms with Crippen molar-refractivity contribution in [2.45, 2.75) is 50.0 Å². The maximum Gasteiger partial charge on any atom is 0.276 e. The summed E-state index contributed by atoms with van der Waals surface area (Å²) in [6.45, 7) is 1.43. The summed E-state index contributed by atoms with van der Waals surface area (Å²) in [5, 5.41) is 3.99. The standard InChI is InChI=1S/C20H22N2O3/c23-19(16-13-18(25-21-16)15-5-6-15)22-11-9-20(10-12-22)8-7-14-3-1-2-4-17(14)24-20/h1-4,13,15H,5-12H2. The van der Waals surface area contributed by atoms with Crippen molar-refractivity contribution < 1.29 is 14.1 Å². The molecule has 2 fully saturated rings. The zero-order chi connectivity index (χ0) is 16.9. The smallest absolute Gasteiger partial charge is 0.276 e. The molecule has 1 saturated carbocycles. The molecule has 2 aromatic rings. The van der Waals surface area contributed by atoms with E-state index in [1.807, 2.05) is 17.0 Å². The molecule has 2 aliphatic heterocycles. The summed E-state index contributed by atoms with van der Waals surface area (Å²) in [5.41, 5.74) is 1.63. The van der Waals surface area contributed by atoms with Crippen molar-refractivity contribution >= 4 is 5.91 Å². The van der Waals surface area contributed by atoms with E-state index in [4.69, 9.17) is 9.26 Å². The van der Waals surface area contributed by atoms with Gasteiger partial charge in [-0.1, -0.05) is 23.4 Å². The molecular weight excluding hydrogens is 316 g/mol. The highest BCUT2D eigenvalue weighted by molar-refractivity contribution is 5.92. The number of nitrogens with zero attached hydrogens (tertiary/aromatic N) is 2. The van der Waals surface area contributed by atoms with Crippen LogP contribution in [0, 0.1) is 0 Å². The van der Waals surface area contributed by atoms with Crippen LogP contribution < -0.4 is 4.74 Å². The van der Waals surface area contributed by atoms with Crippen LogP contribution in [-0.4, -0.2) is 34.7 Å². The van der Waals surface area contributed by atoms with Gasteiger partial charge in [-0.25, -0.2) is 0 Å². The molecule has 0 N–H and O–H groups in total. The number of hydrogen-bond acceptors (Lipinski definition) is 4. The summed E-state index contributed by atoms with van der Waals surface area (Å²) in [6.07, 6.45) is 6.13. The number of fused-ring (bicyclic) bond motifs is 1. The van der Waals surface area contributed by atoms with Crippen molar-refractivity contribution in [3.63, 3.8) is 0 Å². The molecule has 0 atom stereocenters. The first-order valence-corrected chi connectivity index (χ1v) is 9.25. The highest BCUT2D eigenvalue weighted by Crippen LogP contribution is 2.41. The quantitative estimate of drug-likeness (QED) is 0.840. The molecule has 1 spiro atoms. The van der Waals surface area contributed by atoms with Gasteiger partial charge < -0.3 is 14.2 Å². The number of hydrogen-bond donors (Lipinski definition) is 0. The molecule has 1 aromatic carbocycles. The van der Waals surface area contributed by atoms with Crippen LogP contribution in [-0.2, 0) is 6.42 Å². The normalized spacial score (nSPS) is 21.7. The number of likely N-dealkylation sites (tertiary alicyclic amines) is 1. The molecule has 1 aliphatic carbocycles. The Labute approximate surface area is 146 Å². The number of ether oxygens (including phenoxy) is 1. The van der Waals surface area contributed by atoms with Gasteiger partial charge >= 0.3 is 0 Å². The molecule has 3 aliphatic rings. The zero-order valence-electron chi connectivity index (χ0n) is 14.2. The average Bonchev–Trinajstić information content (AvgIpc) is 3.39. The minimum atomic E-state index is -0.117. The van der Waals surface area contributed by atoms with Crippen LogP contribution >= 0.6 is 0 Å². The Hall–Kier alpha value is -2.30. The fraction of sp³-hybridized carbons (Fsp3) is 0.500. The first-order chi connectivity index (χ1) is 12.2. The molecule has 1 saturated heterocycles. The van der Waals surface area contributed by atoms with Crippen LogP contribution in [0.4, 0.5) is 0 Å². The van der Waals surface area contributed by atoms with Crippen LogP contribution in [0.3, 0.4) is 0 Å². The number of aromatic nitrogens is 1. The third kappa shape index (κ3) is 2.71. The summed E-state index contributed by atoms with van der Waals surface area (Å²) >= 11 is 0. The first-order valence-electron chi connectivity index (χ1n) is 9.25. The molecule has 5 nitrogen and oxygen atoms in total. The van der Waals surface area contributed by atoms with Crippen molar-refractivity contribution in [2.24, 2.45) is 0 Å². The van der Waals surface area contributed by atoms with Crippen LogP contribution in [0.25, 0.3) is 0 Å². The minimum Gasteiger partial charge on any atom is -0.487 e. The summed E-state index contributed by atoms with van der Waals surface area (Å²) in [5.74, 6) is 2.35. The number of carbonyl (C=O) groups excluding carboxylic acids is 1. The number of carbonyl (C=O) groups is 1. The minimum absolute atomic E-state index is 0.0123. The van der Waals surface area contributed by atoms with Gasteiger partial charge in [0.15, 0.2) is 5.69 Å². The predicted molar refractivity (Wildman–Crippen MR) is 91.7 cm³/mol. The van der Waals surface area contributed by atoms with Crippen LogP contribution in [0.15, 0.2) is 34.9 Å². The molecule has 0 unspecified atom stereocenters. The number of benzene rings is 1. The first kappa shape index (κ1) is 15.0. The van der Waals surface area contributed by atoms with Crippen molar-refractivity contribution in [1.82, 2.24) is 10.1 Å². The van der Waals surface area contributed by atoms with Gasteiger partial charge in [0.2, 0.25) is 0 Å². The molecule has 130 valence electrons.